The second kappa shape index (κ2) is 14.2. The van der Waals surface area contributed by atoms with Gasteiger partial charge in [-0.3, -0.25) is 0 Å². The minimum Gasteiger partial charge on any atom is -0.662 e. The number of halogens is 5. The molecule has 3 amide bonds. The zero-order valence-electron chi connectivity index (χ0n) is 23.7. The standard InChI is InChI=1S/C17H18F5N5O2.C6H7N3O2.C2H6O.Re/c18-16(19)9-23-14(28)26(10-16)7-11-5-13-25-12(8-27(13)24-6-11)1-4-29-15(2-3-15)17(20,21)22;7-6(10)5-4(3-1-2-3)8-11-9-5;1-3-2;/h5-6,8H,1-4,7,9-10H2,(H,23,28);3H,1-2H2,(H2,7,10);1-2H3;/p-1. The van der Waals surface area contributed by atoms with Crippen molar-refractivity contribution in [3.8, 4) is 0 Å². The van der Waals surface area contributed by atoms with Crippen LogP contribution in [0.25, 0.3) is 11.4 Å². The minimum atomic E-state index is -4.38. The molecule has 243 valence electrons. The van der Waals surface area contributed by atoms with E-state index >= 15 is 0 Å². The van der Waals surface area contributed by atoms with Crippen molar-refractivity contribution in [3.05, 3.63) is 46.8 Å². The summed E-state index contributed by atoms with van der Waals surface area (Å²) < 4.78 is 80.7. The smallest absolute Gasteiger partial charge is 0.417 e. The summed E-state index contributed by atoms with van der Waals surface area (Å²) in [6.07, 6.45) is 0.779. The molecule has 19 heteroatoms. The summed E-state index contributed by atoms with van der Waals surface area (Å²) in [5, 5.41) is 13.2. The first kappa shape index (κ1) is 35.2. The molecule has 44 heavy (non-hydrogen) atoms. The van der Waals surface area contributed by atoms with Crippen LogP contribution in [0.15, 0.2) is 23.1 Å². The molecule has 1 aliphatic heterocycles. The number of nitrogens with zero attached hydrogens (tertiary/aromatic N) is 6. The van der Waals surface area contributed by atoms with Gasteiger partial charge >= 0.3 is 12.2 Å². The van der Waals surface area contributed by atoms with Crippen LogP contribution in [0.5, 0.6) is 0 Å². The van der Waals surface area contributed by atoms with E-state index in [1.807, 2.05) is 0 Å². The molecule has 6 rings (SSSR count). The fourth-order valence-electron chi connectivity index (χ4n) is 4.20. The van der Waals surface area contributed by atoms with Gasteiger partial charge in [0.2, 0.25) is 0 Å². The van der Waals surface area contributed by atoms with E-state index in [2.05, 4.69) is 35.1 Å². The number of urea groups is 1. The maximum atomic E-state index is 13.5. The van der Waals surface area contributed by atoms with Crippen molar-refractivity contribution in [3.63, 3.8) is 0 Å². The molecule has 0 spiro atoms. The quantitative estimate of drug-likeness (QED) is 0.333. The molecule has 13 nitrogen and oxygen atoms in total. The van der Waals surface area contributed by atoms with Gasteiger partial charge in [-0.05, 0) is 42.5 Å². The van der Waals surface area contributed by atoms with E-state index in [1.165, 1.54) is 10.7 Å². The van der Waals surface area contributed by atoms with Crippen LogP contribution in [0.3, 0.4) is 0 Å². The fraction of sp³-hybridized carbons (Fsp3) is 0.600. The number of rotatable bonds is 8. The van der Waals surface area contributed by atoms with E-state index in [0.29, 0.717) is 28.5 Å². The second-order valence-corrected chi connectivity index (χ2v) is 10.4. The Kier molecular flexibility index (Phi) is 11.4. The van der Waals surface area contributed by atoms with Crippen molar-refractivity contribution in [1.82, 2.24) is 35.1 Å². The first-order chi connectivity index (χ1) is 20.3. The van der Waals surface area contributed by atoms with Crippen LogP contribution in [0.1, 0.15) is 59.0 Å². The monoisotopic (exact) mass is 804 g/mol. The molecule has 3 aromatic heterocycles. The number of amides is 3. The number of carbonyl (C=O) groups is 2. The van der Waals surface area contributed by atoms with E-state index in [4.69, 9.17) is 10.5 Å². The number of hydrogen-bond donors (Lipinski definition) is 1. The Morgan fingerprint density at radius 2 is 1.91 bits per heavy atom. The molecular formula is C25H30F5N8O5Re-. The van der Waals surface area contributed by atoms with E-state index < -0.39 is 42.7 Å². The van der Waals surface area contributed by atoms with Gasteiger partial charge in [-0.1, -0.05) is 5.16 Å². The van der Waals surface area contributed by atoms with Crippen molar-refractivity contribution in [2.45, 2.75) is 62.3 Å². The molecule has 0 bridgehead atoms. The summed E-state index contributed by atoms with van der Waals surface area (Å²) >= 11 is 0. The third kappa shape index (κ3) is 8.90. The molecule has 1 saturated heterocycles. The van der Waals surface area contributed by atoms with Crippen molar-refractivity contribution < 1.29 is 66.1 Å². The topological polar surface area (TPSA) is 161 Å². The number of alkyl halides is 5. The predicted molar refractivity (Wildman–Crippen MR) is 137 cm³/mol. The van der Waals surface area contributed by atoms with Crippen LogP contribution >= 0.6 is 0 Å². The Labute approximate surface area is 261 Å². The Hall–Kier alpha value is -3.27. The van der Waals surface area contributed by atoms with Crippen LogP contribution in [-0.2, 0) is 42.9 Å². The average Bonchev–Trinajstić information content (AvgIpc) is 3.84. The third-order valence-electron chi connectivity index (χ3n) is 6.66. The van der Waals surface area contributed by atoms with Crippen LogP contribution in [0.2, 0.25) is 0 Å². The molecular weight excluding hydrogens is 774 g/mol. The Morgan fingerprint density at radius 1 is 1.23 bits per heavy atom. The van der Waals surface area contributed by atoms with Gasteiger partial charge in [-0.25, -0.2) is 27.7 Å². The molecule has 2 aliphatic carbocycles. The maximum absolute atomic E-state index is 13.5. The van der Waals surface area contributed by atoms with Crippen molar-refractivity contribution >= 4 is 17.6 Å². The van der Waals surface area contributed by atoms with E-state index in [0.717, 1.165) is 17.7 Å². The number of aromatic nitrogens is 5. The molecule has 3 aromatic rings. The van der Waals surface area contributed by atoms with Gasteiger partial charge in [0.05, 0.1) is 37.8 Å². The van der Waals surface area contributed by atoms with E-state index in [-0.39, 0.29) is 58.5 Å². The number of nitrogens with one attached hydrogen (secondary N) is 2. The summed E-state index contributed by atoms with van der Waals surface area (Å²) in [4.78, 5) is 27.6. The molecule has 3 fully saturated rings. The van der Waals surface area contributed by atoms with Crippen LogP contribution in [0, 0.1) is 0 Å². The molecule has 2 saturated carbocycles. The molecule has 0 unspecified atom stereocenters. The largest absolute Gasteiger partial charge is 0.662 e. The Balaban J connectivity index is 0.000000293. The summed E-state index contributed by atoms with van der Waals surface area (Å²) in [5.74, 6) is -3.51. The number of fused-ring (bicyclic) bond motifs is 1. The zero-order valence-corrected chi connectivity index (χ0v) is 26.4. The molecule has 3 aliphatic rings. The zero-order chi connectivity index (χ0) is 31.4. The van der Waals surface area contributed by atoms with Crippen molar-refractivity contribution in [2.24, 2.45) is 0 Å². The van der Waals surface area contributed by atoms with Gasteiger partial charge in [0.1, 0.15) is 11.6 Å². The number of imidazole rings is 1. The maximum Gasteiger partial charge on any atom is 0.417 e. The summed E-state index contributed by atoms with van der Waals surface area (Å²) in [6, 6.07) is 1.01. The van der Waals surface area contributed by atoms with Gasteiger partial charge in [0.15, 0.2) is 16.9 Å². The van der Waals surface area contributed by atoms with Gasteiger partial charge in [-0.15, -0.1) is 0 Å². The number of methoxy groups -OCH3 is 1. The SMILES string of the molecule is COC.O=C1NCC(F)(F)CN1Cc1cnn2cc(CCOC3(C(F)(F)F)CC3)nc2c1.[NH-]C(=O)c1nonc1C1CC1.[Re]. The number of ether oxygens (including phenoxy) is 2. The fourth-order valence-corrected chi connectivity index (χ4v) is 4.20. The van der Waals surface area contributed by atoms with Crippen molar-refractivity contribution in [2.75, 3.05) is 33.9 Å². The normalized spacial score (nSPS) is 18.2. The van der Waals surface area contributed by atoms with Gasteiger partial charge in [0, 0.05) is 53.5 Å². The van der Waals surface area contributed by atoms with Crippen LogP contribution in [0.4, 0.5) is 26.7 Å². The Bertz CT molecular complexity index is 1430. The number of hydrogen-bond acceptors (Lipinski definition) is 9. The molecule has 4 heterocycles. The predicted octanol–water partition coefficient (Wildman–Crippen LogP) is 3.94. The van der Waals surface area contributed by atoms with Crippen LogP contribution < -0.4 is 5.32 Å². The van der Waals surface area contributed by atoms with Gasteiger partial charge < -0.3 is 30.2 Å². The van der Waals surface area contributed by atoms with Crippen LogP contribution in [-0.4, -0.2) is 93.4 Å². The minimum absolute atomic E-state index is 0. The molecule has 0 aromatic carbocycles. The van der Waals surface area contributed by atoms with E-state index in [9.17, 15) is 31.5 Å². The molecule has 0 atom stereocenters. The third-order valence-corrected chi connectivity index (χ3v) is 6.66. The molecule has 1 radical (unpaired) electrons. The van der Waals surface area contributed by atoms with Crippen molar-refractivity contribution in [1.29, 1.82) is 0 Å². The first-order valence-electron chi connectivity index (χ1n) is 13.2. The van der Waals surface area contributed by atoms with Gasteiger partial charge in [0.25, 0.3) is 5.92 Å². The summed E-state index contributed by atoms with van der Waals surface area (Å²) in [5.41, 5.74) is 6.82. The van der Waals surface area contributed by atoms with E-state index in [1.54, 1.807) is 26.5 Å². The average molecular weight is 804 g/mol. The number of carbonyl (C=O) groups excluding carboxylic acids is 2. The summed E-state index contributed by atoms with van der Waals surface area (Å²) in [6.45, 7) is -1.58. The summed E-state index contributed by atoms with van der Waals surface area (Å²) in [7, 11) is 3.25. The van der Waals surface area contributed by atoms with Gasteiger partial charge in [-0.2, -0.15) is 18.3 Å². The second-order valence-electron chi connectivity index (χ2n) is 10.4. The molecule has 2 N–H and O–H groups in total. The Morgan fingerprint density at radius 3 is 2.50 bits per heavy atom. The first-order valence-corrected chi connectivity index (χ1v) is 13.2.